The highest BCUT2D eigenvalue weighted by atomic mass is 32.1. The SMILES string of the molecule is CCc1nnc(NC(=O)N2CCOC(C)C2)s1. The summed E-state index contributed by atoms with van der Waals surface area (Å²) >= 11 is 1.41. The molecule has 1 N–H and O–H groups in total. The Morgan fingerprint density at radius 1 is 1.65 bits per heavy atom. The molecule has 94 valence electrons. The molecule has 6 nitrogen and oxygen atoms in total. The van der Waals surface area contributed by atoms with Crippen molar-refractivity contribution < 1.29 is 9.53 Å². The molecule has 17 heavy (non-hydrogen) atoms. The standard InChI is InChI=1S/C10H16N4O2S/c1-3-8-12-13-9(17-8)11-10(15)14-4-5-16-7(2)6-14/h7H,3-6H2,1-2H3,(H,11,13,15). The number of carbonyl (C=O) groups excluding carboxylic acids is 1. The number of anilines is 1. The van der Waals surface area contributed by atoms with E-state index in [1.165, 1.54) is 11.3 Å². The molecule has 1 unspecified atom stereocenters. The largest absolute Gasteiger partial charge is 0.375 e. The number of ether oxygens (including phenoxy) is 1. The normalized spacial score (nSPS) is 20.4. The second kappa shape index (κ2) is 5.42. The van der Waals surface area contributed by atoms with Gasteiger partial charge in [0.1, 0.15) is 5.01 Å². The molecule has 1 aliphatic heterocycles. The van der Waals surface area contributed by atoms with E-state index < -0.39 is 0 Å². The Hall–Kier alpha value is -1.21. The molecule has 0 saturated carbocycles. The van der Waals surface area contributed by atoms with Crippen LogP contribution in [0.15, 0.2) is 0 Å². The zero-order chi connectivity index (χ0) is 12.3. The fourth-order valence-corrected chi connectivity index (χ4v) is 2.29. The Balaban J connectivity index is 1.91. The lowest BCUT2D eigenvalue weighted by atomic mass is 10.3. The molecular weight excluding hydrogens is 240 g/mol. The summed E-state index contributed by atoms with van der Waals surface area (Å²) in [6.45, 7) is 5.79. The van der Waals surface area contributed by atoms with Crippen LogP contribution < -0.4 is 5.32 Å². The van der Waals surface area contributed by atoms with Crippen LogP contribution in [0.4, 0.5) is 9.93 Å². The summed E-state index contributed by atoms with van der Waals surface area (Å²) in [6.07, 6.45) is 0.928. The minimum Gasteiger partial charge on any atom is -0.375 e. The molecule has 1 atom stereocenters. The molecule has 0 bridgehead atoms. The summed E-state index contributed by atoms with van der Waals surface area (Å²) in [5.74, 6) is 0. The molecule has 0 radical (unpaired) electrons. The highest BCUT2D eigenvalue weighted by molar-refractivity contribution is 7.15. The van der Waals surface area contributed by atoms with Gasteiger partial charge >= 0.3 is 6.03 Å². The van der Waals surface area contributed by atoms with Gasteiger partial charge in [0, 0.05) is 13.1 Å². The van der Waals surface area contributed by atoms with Crippen LogP contribution in [0.1, 0.15) is 18.9 Å². The van der Waals surface area contributed by atoms with Gasteiger partial charge in [-0.2, -0.15) is 0 Å². The van der Waals surface area contributed by atoms with Crippen molar-refractivity contribution in [1.82, 2.24) is 15.1 Å². The quantitative estimate of drug-likeness (QED) is 0.867. The fraction of sp³-hybridized carbons (Fsp3) is 0.700. The zero-order valence-corrected chi connectivity index (χ0v) is 10.8. The summed E-state index contributed by atoms with van der Waals surface area (Å²) < 4.78 is 5.38. The van der Waals surface area contributed by atoms with Crippen LogP contribution in [0, 0.1) is 0 Å². The first kappa shape index (κ1) is 12.3. The van der Waals surface area contributed by atoms with Gasteiger partial charge < -0.3 is 9.64 Å². The average Bonchev–Trinajstić information content (AvgIpc) is 2.77. The molecule has 1 aromatic rings. The topological polar surface area (TPSA) is 67.4 Å². The van der Waals surface area contributed by atoms with E-state index in [2.05, 4.69) is 15.5 Å². The van der Waals surface area contributed by atoms with Gasteiger partial charge in [0.05, 0.1) is 12.7 Å². The lowest BCUT2D eigenvalue weighted by molar-refractivity contribution is -0.00138. The molecule has 2 rings (SSSR count). The second-order valence-corrected chi connectivity index (χ2v) is 4.97. The summed E-state index contributed by atoms with van der Waals surface area (Å²) in [5.41, 5.74) is 0. The van der Waals surface area contributed by atoms with Gasteiger partial charge in [0.15, 0.2) is 0 Å². The first-order chi connectivity index (χ1) is 8.19. The van der Waals surface area contributed by atoms with Crippen LogP contribution in [0.5, 0.6) is 0 Å². The van der Waals surface area contributed by atoms with Crippen molar-refractivity contribution in [3.05, 3.63) is 5.01 Å². The third-order valence-electron chi connectivity index (χ3n) is 2.51. The Morgan fingerprint density at radius 2 is 2.47 bits per heavy atom. The van der Waals surface area contributed by atoms with Gasteiger partial charge in [-0.05, 0) is 13.3 Å². The lowest BCUT2D eigenvalue weighted by Crippen LogP contribution is -2.46. The van der Waals surface area contributed by atoms with Gasteiger partial charge in [0.25, 0.3) is 0 Å². The van der Waals surface area contributed by atoms with E-state index in [0.29, 0.717) is 24.8 Å². The van der Waals surface area contributed by atoms with Crippen molar-refractivity contribution in [2.45, 2.75) is 26.4 Å². The highest BCUT2D eigenvalue weighted by Crippen LogP contribution is 2.16. The number of nitrogens with one attached hydrogen (secondary N) is 1. The minimum atomic E-state index is -0.126. The third kappa shape index (κ3) is 3.13. The van der Waals surface area contributed by atoms with E-state index >= 15 is 0 Å². The van der Waals surface area contributed by atoms with Gasteiger partial charge in [-0.1, -0.05) is 18.3 Å². The van der Waals surface area contributed by atoms with Gasteiger partial charge in [0.2, 0.25) is 5.13 Å². The van der Waals surface area contributed by atoms with E-state index in [9.17, 15) is 4.79 Å². The second-order valence-electron chi connectivity index (χ2n) is 3.91. The van der Waals surface area contributed by atoms with Crippen molar-refractivity contribution in [3.8, 4) is 0 Å². The van der Waals surface area contributed by atoms with Gasteiger partial charge in [-0.25, -0.2) is 4.79 Å². The first-order valence-electron chi connectivity index (χ1n) is 5.69. The molecule has 1 aromatic heterocycles. The molecule has 0 spiro atoms. The number of morpholine rings is 1. The number of hydrogen-bond acceptors (Lipinski definition) is 5. The number of aromatic nitrogens is 2. The average molecular weight is 256 g/mol. The number of urea groups is 1. The maximum Gasteiger partial charge on any atom is 0.323 e. The minimum absolute atomic E-state index is 0.0927. The van der Waals surface area contributed by atoms with Crippen LogP contribution >= 0.6 is 11.3 Å². The summed E-state index contributed by atoms with van der Waals surface area (Å²) in [6, 6.07) is -0.126. The van der Waals surface area contributed by atoms with Crippen LogP contribution in [-0.4, -0.2) is 46.9 Å². The maximum atomic E-state index is 11.9. The number of hydrogen-bond donors (Lipinski definition) is 1. The van der Waals surface area contributed by atoms with Crippen molar-refractivity contribution in [1.29, 1.82) is 0 Å². The molecule has 1 saturated heterocycles. The number of carbonyl (C=O) groups is 1. The molecule has 1 aliphatic rings. The number of rotatable bonds is 2. The molecular formula is C10H16N4O2S. The number of amides is 2. The van der Waals surface area contributed by atoms with Crippen molar-refractivity contribution in [2.24, 2.45) is 0 Å². The third-order valence-corrected chi connectivity index (χ3v) is 3.49. The van der Waals surface area contributed by atoms with Crippen LogP contribution in [0.2, 0.25) is 0 Å². The Kier molecular flexibility index (Phi) is 3.90. The number of nitrogens with zero attached hydrogens (tertiary/aromatic N) is 3. The van der Waals surface area contributed by atoms with Crippen molar-refractivity contribution in [2.75, 3.05) is 25.0 Å². The van der Waals surface area contributed by atoms with E-state index in [4.69, 9.17) is 4.74 Å². The predicted molar refractivity (Wildman–Crippen MR) is 65.3 cm³/mol. The van der Waals surface area contributed by atoms with Crippen LogP contribution in [0.25, 0.3) is 0 Å². The predicted octanol–water partition coefficient (Wildman–Crippen LogP) is 1.35. The highest BCUT2D eigenvalue weighted by Gasteiger charge is 2.22. The van der Waals surface area contributed by atoms with Crippen molar-refractivity contribution in [3.63, 3.8) is 0 Å². The van der Waals surface area contributed by atoms with Gasteiger partial charge in [-0.15, -0.1) is 10.2 Å². The molecule has 0 aromatic carbocycles. The molecule has 2 heterocycles. The summed E-state index contributed by atoms with van der Waals surface area (Å²) in [7, 11) is 0. The Labute approximate surface area is 104 Å². The lowest BCUT2D eigenvalue weighted by Gasteiger charge is -2.30. The molecule has 2 amide bonds. The maximum absolute atomic E-state index is 11.9. The van der Waals surface area contributed by atoms with Crippen LogP contribution in [0.3, 0.4) is 0 Å². The molecule has 1 fully saturated rings. The first-order valence-corrected chi connectivity index (χ1v) is 6.50. The fourth-order valence-electron chi connectivity index (χ4n) is 1.62. The van der Waals surface area contributed by atoms with Crippen LogP contribution in [-0.2, 0) is 11.2 Å². The number of aryl methyl sites for hydroxylation is 1. The Bertz CT molecular complexity index is 395. The summed E-state index contributed by atoms with van der Waals surface area (Å²) in [4.78, 5) is 13.6. The summed E-state index contributed by atoms with van der Waals surface area (Å²) in [5, 5.41) is 12.1. The smallest absolute Gasteiger partial charge is 0.323 e. The van der Waals surface area contributed by atoms with Crippen molar-refractivity contribution >= 4 is 22.5 Å². The van der Waals surface area contributed by atoms with E-state index in [1.54, 1.807) is 4.90 Å². The zero-order valence-electron chi connectivity index (χ0n) is 9.97. The van der Waals surface area contributed by atoms with Gasteiger partial charge in [-0.3, -0.25) is 5.32 Å². The van der Waals surface area contributed by atoms with E-state index in [-0.39, 0.29) is 12.1 Å². The van der Waals surface area contributed by atoms with E-state index in [1.807, 2.05) is 13.8 Å². The molecule has 0 aliphatic carbocycles. The monoisotopic (exact) mass is 256 g/mol. The molecule has 7 heteroatoms. The van der Waals surface area contributed by atoms with E-state index in [0.717, 1.165) is 11.4 Å². The Morgan fingerprint density at radius 3 is 3.12 bits per heavy atom.